The summed E-state index contributed by atoms with van der Waals surface area (Å²) in [5.41, 5.74) is 0. The van der Waals surface area contributed by atoms with Crippen LogP contribution in [0.1, 0.15) is 32.1 Å². The average Bonchev–Trinajstić information content (AvgIpc) is 1.96. The van der Waals surface area contributed by atoms with Crippen molar-refractivity contribution in [1.29, 1.82) is 0 Å². The maximum absolute atomic E-state index is 3.22. The zero-order valence-corrected chi connectivity index (χ0v) is 7.36. The van der Waals surface area contributed by atoms with Crippen molar-refractivity contribution in [2.24, 2.45) is 0 Å². The van der Waals surface area contributed by atoms with Gasteiger partial charge in [-0.15, -0.1) is 0 Å². The molecule has 0 spiro atoms. The Morgan fingerprint density at radius 1 is 1.00 bits per heavy atom. The van der Waals surface area contributed by atoms with Crippen molar-refractivity contribution in [3.8, 4) is 0 Å². The molecule has 1 aliphatic carbocycles. The third kappa shape index (κ3) is 4.88. The molecular formula is C7H13I. The Kier molecular flexibility index (Phi) is 8.44. The van der Waals surface area contributed by atoms with Gasteiger partial charge in [0.05, 0.1) is 0 Å². The first-order chi connectivity index (χ1) is 4.00. The summed E-state index contributed by atoms with van der Waals surface area (Å²) >= 11 is 1.90. The van der Waals surface area contributed by atoms with Gasteiger partial charge in [-0.3, -0.25) is 0 Å². The highest BCUT2D eigenvalue weighted by Crippen LogP contribution is 2.14. The molecule has 0 unspecified atom stereocenters. The van der Waals surface area contributed by atoms with Gasteiger partial charge in [-0.05, 0) is 6.42 Å². The van der Waals surface area contributed by atoms with Crippen LogP contribution in [0.3, 0.4) is 0 Å². The predicted molar refractivity (Wildman–Crippen MR) is 46.8 cm³/mol. The highest BCUT2D eigenvalue weighted by Gasteiger charge is 1.95. The average molecular weight is 224 g/mol. The second-order valence-corrected chi connectivity index (χ2v) is 1.93. The number of hydrogen-bond acceptors (Lipinski definition) is 0. The fourth-order valence-corrected chi connectivity index (χ4v) is 0.898. The fraction of sp³-hybridized carbons (Fsp3) is 0.714. The molecule has 48 valence electrons. The number of rotatable bonds is 0. The lowest BCUT2D eigenvalue weighted by atomic mass is 10.0. The minimum Gasteiger partial charge on any atom is -0.0855 e. The lowest BCUT2D eigenvalue weighted by molar-refractivity contribution is 0.593. The van der Waals surface area contributed by atoms with Gasteiger partial charge in [-0.2, -0.15) is 0 Å². The minimum atomic E-state index is 1.38. The Morgan fingerprint density at radius 3 is 1.62 bits per heavy atom. The second kappa shape index (κ2) is 7.73. The van der Waals surface area contributed by atoms with Crippen molar-refractivity contribution in [3.63, 3.8) is 0 Å². The molecule has 0 atom stereocenters. The summed E-state index contributed by atoms with van der Waals surface area (Å²) < 4.78 is 0. The molecule has 1 aliphatic rings. The van der Waals surface area contributed by atoms with Crippen LogP contribution >= 0.6 is 22.6 Å². The Hall–Kier alpha value is 0.730. The number of halogens is 1. The quantitative estimate of drug-likeness (QED) is 0.553. The zero-order chi connectivity index (χ0) is 6.24. The smallest absolute Gasteiger partial charge is 0.00852 e. The van der Waals surface area contributed by atoms with E-state index in [2.05, 4.69) is 11.4 Å². The Bertz CT molecular complexity index is 19.9. The van der Waals surface area contributed by atoms with E-state index in [0.717, 1.165) is 0 Å². The van der Waals surface area contributed by atoms with Gasteiger partial charge in [0.2, 0.25) is 0 Å². The second-order valence-electron chi connectivity index (χ2n) is 1.93. The molecule has 0 N–H and O–H groups in total. The molecule has 0 saturated heterocycles. The topological polar surface area (TPSA) is 0 Å². The molecule has 0 bridgehead atoms. The van der Waals surface area contributed by atoms with Crippen LogP contribution in [0.2, 0.25) is 0 Å². The Balaban J connectivity index is 0.000000222. The van der Waals surface area contributed by atoms with Gasteiger partial charge in [0.25, 0.3) is 0 Å². The van der Waals surface area contributed by atoms with Crippen LogP contribution in [-0.4, -0.2) is 0 Å². The van der Waals surface area contributed by atoms with Gasteiger partial charge < -0.3 is 0 Å². The van der Waals surface area contributed by atoms with Crippen molar-refractivity contribution >= 4 is 22.6 Å². The first-order valence-corrected chi connectivity index (χ1v) is 4.61. The first kappa shape index (κ1) is 8.73. The predicted octanol–water partition coefficient (Wildman–Crippen LogP) is 3.37. The molecule has 1 rings (SSSR count). The van der Waals surface area contributed by atoms with Crippen LogP contribution in [0.25, 0.3) is 0 Å². The lowest BCUT2D eigenvalue weighted by Crippen LogP contribution is -1.87. The first-order valence-electron chi connectivity index (χ1n) is 3.08. The molecule has 1 heteroatoms. The van der Waals surface area contributed by atoms with Gasteiger partial charge >= 0.3 is 0 Å². The molecule has 0 aromatic rings. The van der Waals surface area contributed by atoms with Crippen molar-refractivity contribution < 1.29 is 0 Å². The molecular weight excluding hydrogens is 211 g/mol. The van der Waals surface area contributed by atoms with E-state index in [9.17, 15) is 0 Å². The summed E-state index contributed by atoms with van der Waals surface area (Å²) in [5, 5.41) is 0. The third-order valence-corrected chi connectivity index (χ3v) is 1.32. The highest BCUT2D eigenvalue weighted by atomic mass is 127. The Morgan fingerprint density at radius 2 is 1.50 bits per heavy atom. The fourth-order valence-electron chi connectivity index (χ4n) is 0.898. The zero-order valence-electron chi connectivity index (χ0n) is 5.20. The summed E-state index contributed by atoms with van der Waals surface area (Å²) in [4.78, 5) is 3.22. The van der Waals surface area contributed by atoms with E-state index in [0.29, 0.717) is 0 Å². The van der Waals surface area contributed by atoms with Crippen LogP contribution < -0.4 is 0 Å². The summed E-state index contributed by atoms with van der Waals surface area (Å²) in [6.45, 7) is 0. The van der Waals surface area contributed by atoms with Gasteiger partial charge in [-0.1, -0.05) is 54.7 Å². The van der Waals surface area contributed by atoms with Crippen molar-refractivity contribution in [3.05, 3.63) is 11.4 Å². The summed E-state index contributed by atoms with van der Waals surface area (Å²) in [6, 6.07) is 0. The van der Waals surface area contributed by atoms with E-state index in [1.54, 1.807) is 0 Å². The highest BCUT2D eigenvalue weighted by molar-refractivity contribution is 14.1. The van der Waals surface area contributed by atoms with Crippen LogP contribution in [0.4, 0.5) is 0 Å². The van der Waals surface area contributed by atoms with Crippen molar-refractivity contribution in [2.75, 3.05) is 0 Å². The maximum Gasteiger partial charge on any atom is 0.00852 e. The van der Waals surface area contributed by atoms with Gasteiger partial charge in [0.1, 0.15) is 0 Å². The van der Waals surface area contributed by atoms with Gasteiger partial charge in [0.15, 0.2) is 0 Å². The van der Waals surface area contributed by atoms with Crippen molar-refractivity contribution in [2.45, 2.75) is 32.1 Å². The van der Waals surface area contributed by atoms with Crippen LogP contribution in [0, 0.1) is 11.4 Å². The summed E-state index contributed by atoms with van der Waals surface area (Å²) in [5.74, 6) is 0. The van der Waals surface area contributed by atoms with E-state index in [-0.39, 0.29) is 0 Å². The van der Waals surface area contributed by atoms with Crippen LogP contribution in [-0.2, 0) is 0 Å². The van der Waals surface area contributed by atoms with E-state index in [1.807, 2.05) is 22.6 Å². The lowest BCUT2D eigenvalue weighted by Gasteiger charge is -2.05. The van der Waals surface area contributed by atoms with E-state index >= 15 is 0 Å². The molecule has 2 radical (unpaired) electrons. The van der Waals surface area contributed by atoms with Gasteiger partial charge in [-0.25, -0.2) is 0 Å². The normalized spacial score (nSPS) is 18.8. The monoisotopic (exact) mass is 224 g/mol. The van der Waals surface area contributed by atoms with E-state index in [1.165, 1.54) is 32.1 Å². The molecule has 0 aromatic carbocycles. The summed E-state index contributed by atoms with van der Waals surface area (Å²) in [7, 11) is 0. The molecule has 8 heavy (non-hydrogen) atoms. The van der Waals surface area contributed by atoms with E-state index in [4.69, 9.17) is 0 Å². The maximum atomic E-state index is 3.22. The standard InChI is InChI=1S/C6H11.CH2I/c1-2-4-6-5-3-1;1-2/h1H,2-6H2;1H2. The third-order valence-electron chi connectivity index (χ3n) is 1.32. The van der Waals surface area contributed by atoms with Crippen LogP contribution in [0.15, 0.2) is 0 Å². The largest absolute Gasteiger partial charge is 0.0855 e. The summed E-state index contributed by atoms with van der Waals surface area (Å²) in [6.07, 6.45) is 9.50. The molecule has 0 amide bonds. The molecule has 1 saturated carbocycles. The van der Waals surface area contributed by atoms with Crippen molar-refractivity contribution in [1.82, 2.24) is 0 Å². The molecule has 0 aliphatic heterocycles. The Labute approximate surface area is 66.2 Å². The van der Waals surface area contributed by atoms with E-state index < -0.39 is 0 Å². The molecule has 0 aromatic heterocycles. The number of hydrogen-bond donors (Lipinski definition) is 0. The van der Waals surface area contributed by atoms with Crippen LogP contribution in [0.5, 0.6) is 0 Å². The molecule has 1 fully saturated rings. The molecule has 0 nitrogen and oxygen atoms in total. The van der Waals surface area contributed by atoms with Gasteiger partial charge in [0, 0.05) is 4.93 Å². The molecule has 0 heterocycles. The minimum absolute atomic E-state index is 1.38. The SMILES string of the molecule is [CH2]I.[CH]1CCCCC1.